The first-order valence-corrected chi connectivity index (χ1v) is 9.39. The van der Waals surface area contributed by atoms with Gasteiger partial charge in [0.25, 0.3) is 0 Å². The summed E-state index contributed by atoms with van der Waals surface area (Å²) in [6.45, 7) is 2.48. The number of aliphatic hydroxyl groups is 1. The number of fused-ring (bicyclic) bond motifs is 1. The Kier molecular flexibility index (Phi) is 4.05. The summed E-state index contributed by atoms with van der Waals surface area (Å²) >= 11 is 0. The van der Waals surface area contributed by atoms with Crippen molar-refractivity contribution in [2.45, 2.75) is 31.8 Å². The molecule has 1 unspecified atom stereocenters. The van der Waals surface area contributed by atoms with Gasteiger partial charge in [-0.2, -0.15) is 0 Å². The summed E-state index contributed by atoms with van der Waals surface area (Å²) in [4.78, 5) is 8.48. The van der Waals surface area contributed by atoms with Crippen molar-refractivity contribution in [3.63, 3.8) is 0 Å². The van der Waals surface area contributed by atoms with Crippen LogP contribution in [-0.4, -0.2) is 41.1 Å². The van der Waals surface area contributed by atoms with Crippen molar-refractivity contribution in [2.24, 2.45) is 0 Å². The lowest BCUT2D eigenvalue weighted by Crippen LogP contribution is -2.10. The third-order valence-corrected chi connectivity index (χ3v) is 5.00. The number of pyridine rings is 2. The van der Waals surface area contributed by atoms with Gasteiger partial charge in [0.2, 0.25) is 5.88 Å². The van der Waals surface area contributed by atoms with Crippen molar-refractivity contribution in [1.29, 1.82) is 0 Å². The molecule has 0 saturated heterocycles. The standard InChI is InChI=1S/C20H20N6O2/c1-2-28-18-8-6-15(10-22-18)26-11-17(23-24-26)20(27)19-16(13-3-4-13)7-5-14-9-21-12-25(14)19/h5-13,20,27H,2-4H2,1H3. The minimum atomic E-state index is -0.891. The van der Waals surface area contributed by atoms with Crippen LogP contribution in [0.1, 0.15) is 48.7 Å². The summed E-state index contributed by atoms with van der Waals surface area (Å²) < 4.78 is 8.91. The van der Waals surface area contributed by atoms with Gasteiger partial charge in [-0.25, -0.2) is 14.6 Å². The molecule has 1 aliphatic carbocycles. The van der Waals surface area contributed by atoms with Gasteiger partial charge in [0.15, 0.2) is 0 Å². The number of hydrogen-bond acceptors (Lipinski definition) is 6. The summed E-state index contributed by atoms with van der Waals surface area (Å²) in [7, 11) is 0. The molecule has 4 heterocycles. The van der Waals surface area contributed by atoms with Gasteiger partial charge >= 0.3 is 0 Å². The Morgan fingerprint density at radius 1 is 1.21 bits per heavy atom. The number of rotatable bonds is 6. The van der Waals surface area contributed by atoms with Crippen LogP contribution in [0.2, 0.25) is 0 Å². The largest absolute Gasteiger partial charge is 0.478 e. The monoisotopic (exact) mass is 376 g/mol. The smallest absolute Gasteiger partial charge is 0.213 e. The highest BCUT2D eigenvalue weighted by molar-refractivity contribution is 5.51. The average molecular weight is 376 g/mol. The molecule has 0 spiro atoms. The van der Waals surface area contributed by atoms with Crippen molar-refractivity contribution in [3.8, 4) is 11.6 Å². The van der Waals surface area contributed by atoms with Gasteiger partial charge in [-0.15, -0.1) is 5.10 Å². The van der Waals surface area contributed by atoms with Gasteiger partial charge in [0, 0.05) is 6.07 Å². The van der Waals surface area contributed by atoms with E-state index in [0.29, 0.717) is 24.1 Å². The minimum Gasteiger partial charge on any atom is -0.478 e. The van der Waals surface area contributed by atoms with E-state index in [2.05, 4.69) is 26.3 Å². The maximum atomic E-state index is 11.1. The van der Waals surface area contributed by atoms with E-state index >= 15 is 0 Å². The molecule has 4 aromatic rings. The average Bonchev–Trinajstić information content (AvgIpc) is 3.25. The summed E-state index contributed by atoms with van der Waals surface area (Å²) in [5, 5.41) is 19.5. The first-order valence-electron chi connectivity index (χ1n) is 9.39. The van der Waals surface area contributed by atoms with E-state index in [0.717, 1.165) is 35.3 Å². The third-order valence-electron chi connectivity index (χ3n) is 5.00. The zero-order valence-corrected chi connectivity index (χ0v) is 15.4. The van der Waals surface area contributed by atoms with Crippen LogP contribution >= 0.6 is 0 Å². The quantitative estimate of drug-likeness (QED) is 0.556. The summed E-state index contributed by atoms with van der Waals surface area (Å²) in [5.74, 6) is 1.05. The topological polar surface area (TPSA) is 90.4 Å². The van der Waals surface area contributed by atoms with Crippen molar-refractivity contribution in [2.75, 3.05) is 6.61 Å². The second-order valence-electron chi connectivity index (χ2n) is 6.91. The fourth-order valence-electron chi connectivity index (χ4n) is 3.47. The van der Waals surface area contributed by atoms with Gasteiger partial charge in [-0.1, -0.05) is 11.3 Å². The van der Waals surface area contributed by atoms with E-state index in [-0.39, 0.29) is 0 Å². The first-order chi connectivity index (χ1) is 13.7. The Morgan fingerprint density at radius 2 is 2.11 bits per heavy atom. The van der Waals surface area contributed by atoms with Crippen LogP contribution in [-0.2, 0) is 0 Å². The Bertz CT molecular complexity index is 1110. The molecule has 28 heavy (non-hydrogen) atoms. The van der Waals surface area contributed by atoms with Crippen LogP contribution in [0.15, 0.2) is 49.2 Å². The van der Waals surface area contributed by atoms with Crippen molar-refractivity contribution < 1.29 is 9.84 Å². The second kappa shape index (κ2) is 6.72. The van der Waals surface area contributed by atoms with Gasteiger partial charge in [-0.3, -0.25) is 4.40 Å². The fourth-order valence-corrected chi connectivity index (χ4v) is 3.47. The number of hydrogen-bond donors (Lipinski definition) is 1. The van der Waals surface area contributed by atoms with Gasteiger partial charge < -0.3 is 9.84 Å². The van der Waals surface area contributed by atoms with Crippen LogP contribution in [0.4, 0.5) is 0 Å². The number of aliphatic hydroxyl groups excluding tert-OH is 1. The van der Waals surface area contributed by atoms with Gasteiger partial charge in [-0.05, 0) is 43.4 Å². The molecule has 1 atom stereocenters. The Labute approximate surface area is 161 Å². The Morgan fingerprint density at radius 3 is 2.86 bits per heavy atom. The molecule has 5 rings (SSSR count). The predicted octanol–water partition coefficient (Wildman–Crippen LogP) is 2.67. The van der Waals surface area contributed by atoms with E-state index in [9.17, 15) is 5.11 Å². The summed E-state index contributed by atoms with van der Waals surface area (Å²) in [6.07, 6.45) is 8.32. The van der Waals surface area contributed by atoms with Crippen LogP contribution in [0.3, 0.4) is 0 Å². The third kappa shape index (κ3) is 2.91. The molecule has 1 saturated carbocycles. The molecule has 1 aliphatic rings. The van der Waals surface area contributed by atoms with Crippen LogP contribution in [0.25, 0.3) is 11.2 Å². The predicted molar refractivity (Wildman–Crippen MR) is 102 cm³/mol. The molecule has 0 amide bonds. The molecule has 8 heteroatoms. The highest BCUT2D eigenvalue weighted by Gasteiger charge is 2.31. The maximum Gasteiger partial charge on any atom is 0.213 e. The normalized spacial score (nSPS) is 15.1. The van der Waals surface area contributed by atoms with Crippen LogP contribution in [0.5, 0.6) is 5.88 Å². The molecule has 0 radical (unpaired) electrons. The lowest BCUT2D eigenvalue weighted by molar-refractivity contribution is 0.207. The van der Waals surface area contributed by atoms with E-state index in [1.54, 1.807) is 35.7 Å². The molecular formula is C20H20N6O2. The van der Waals surface area contributed by atoms with Crippen LogP contribution < -0.4 is 4.74 Å². The zero-order valence-electron chi connectivity index (χ0n) is 15.4. The minimum absolute atomic E-state index is 0.483. The van der Waals surface area contributed by atoms with E-state index in [1.165, 1.54) is 0 Å². The number of imidazole rings is 1. The SMILES string of the molecule is CCOc1ccc(-n2cc(C(O)c3c(C4CC4)ccc4cncn34)nn2)cn1. The van der Waals surface area contributed by atoms with Gasteiger partial charge in [0.1, 0.15) is 11.8 Å². The molecule has 0 bridgehead atoms. The zero-order chi connectivity index (χ0) is 19.1. The maximum absolute atomic E-state index is 11.1. The van der Waals surface area contributed by atoms with Gasteiger partial charge in [0.05, 0.1) is 48.4 Å². The van der Waals surface area contributed by atoms with Crippen molar-refractivity contribution >= 4 is 5.52 Å². The molecule has 4 aromatic heterocycles. The number of aromatic nitrogens is 6. The molecule has 142 valence electrons. The van der Waals surface area contributed by atoms with Crippen LogP contribution in [0, 0.1) is 0 Å². The van der Waals surface area contributed by atoms with E-state index in [4.69, 9.17) is 4.74 Å². The second-order valence-corrected chi connectivity index (χ2v) is 6.91. The summed E-state index contributed by atoms with van der Waals surface area (Å²) in [6, 6.07) is 7.77. The molecule has 1 fully saturated rings. The molecule has 8 nitrogen and oxygen atoms in total. The highest BCUT2D eigenvalue weighted by Crippen LogP contribution is 2.43. The van der Waals surface area contributed by atoms with E-state index < -0.39 is 6.10 Å². The first kappa shape index (κ1) is 16.9. The molecule has 0 aromatic carbocycles. The van der Waals surface area contributed by atoms with Crippen molar-refractivity contribution in [3.05, 3.63) is 66.1 Å². The Balaban J connectivity index is 1.50. The lowest BCUT2D eigenvalue weighted by atomic mass is 10.0. The number of nitrogens with zero attached hydrogens (tertiary/aromatic N) is 6. The molecule has 0 aliphatic heterocycles. The fraction of sp³-hybridized carbons (Fsp3) is 0.300. The van der Waals surface area contributed by atoms with E-state index in [1.807, 2.05) is 23.5 Å². The molecular weight excluding hydrogens is 356 g/mol. The van der Waals surface area contributed by atoms with Crippen molar-refractivity contribution in [1.82, 2.24) is 29.4 Å². The highest BCUT2D eigenvalue weighted by atomic mass is 16.5. The number of ether oxygens (including phenoxy) is 1. The lowest BCUT2D eigenvalue weighted by Gasteiger charge is -2.16. The Hall–Kier alpha value is -3.26. The summed E-state index contributed by atoms with van der Waals surface area (Å²) in [5.41, 5.74) is 4.14. The molecule has 1 N–H and O–H groups in total.